The lowest BCUT2D eigenvalue weighted by Gasteiger charge is -2.10. The number of nitrogens with one attached hydrogen (secondary N) is 1. The van der Waals surface area contributed by atoms with Crippen molar-refractivity contribution in [3.05, 3.63) is 53.6 Å². The molecule has 0 aliphatic rings. The van der Waals surface area contributed by atoms with Gasteiger partial charge in [0.05, 0.1) is 15.6 Å². The number of rotatable bonds is 7. The maximum Gasteiger partial charge on any atom is 0.344 e. The highest BCUT2D eigenvalue weighted by Gasteiger charge is 2.14. The van der Waals surface area contributed by atoms with E-state index in [-0.39, 0.29) is 22.2 Å². The van der Waals surface area contributed by atoms with Crippen LogP contribution in [0.1, 0.15) is 0 Å². The second kappa shape index (κ2) is 8.68. The number of carbonyl (C=O) groups excluding carboxylic acids is 2. The number of benzene rings is 2. The number of sulfone groups is 1. The third kappa shape index (κ3) is 6.05. The van der Waals surface area contributed by atoms with Gasteiger partial charge in [0.15, 0.2) is 23.1 Å². The molecule has 0 aliphatic heterocycles. The third-order valence-electron chi connectivity index (χ3n) is 3.10. The minimum absolute atomic E-state index is 0.00505. The Kier molecular flexibility index (Phi) is 6.59. The zero-order valence-electron chi connectivity index (χ0n) is 13.8. The van der Waals surface area contributed by atoms with Crippen LogP contribution < -0.4 is 10.1 Å². The van der Waals surface area contributed by atoms with E-state index in [9.17, 15) is 18.0 Å². The number of ether oxygens (including phenoxy) is 2. The van der Waals surface area contributed by atoms with Crippen LogP contribution in [0.3, 0.4) is 0 Å². The van der Waals surface area contributed by atoms with Crippen LogP contribution in [0.4, 0.5) is 5.69 Å². The maximum atomic E-state index is 11.9. The van der Waals surface area contributed by atoms with Gasteiger partial charge in [-0.05, 0) is 30.3 Å². The topological polar surface area (TPSA) is 98.8 Å². The summed E-state index contributed by atoms with van der Waals surface area (Å²) >= 11 is 5.93. The number of halogens is 1. The van der Waals surface area contributed by atoms with Crippen LogP contribution in [-0.4, -0.2) is 39.8 Å². The lowest BCUT2D eigenvalue weighted by Crippen LogP contribution is -2.23. The number of anilines is 1. The smallest absolute Gasteiger partial charge is 0.344 e. The minimum atomic E-state index is -3.45. The van der Waals surface area contributed by atoms with Gasteiger partial charge in [-0.3, -0.25) is 4.79 Å². The van der Waals surface area contributed by atoms with E-state index < -0.39 is 28.3 Å². The summed E-state index contributed by atoms with van der Waals surface area (Å²) in [6.45, 7) is -0.905. The number of amides is 1. The van der Waals surface area contributed by atoms with Crippen LogP contribution in [0.2, 0.25) is 5.02 Å². The Morgan fingerprint density at radius 3 is 2.42 bits per heavy atom. The molecule has 0 atom stereocenters. The Balaban J connectivity index is 1.86. The summed E-state index contributed by atoms with van der Waals surface area (Å²) in [6, 6.07) is 12.6. The van der Waals surface area contributed by atoms with E-state index in [1.807, 2.05) is 0 Å². The molecule has 0 heterocycles. The van der Waals surface area contributed by atoms with Gasteiger partial charge in [0.2, 0.25) is 0 Å². The minimum Gasteiger partial charge on any atom is -0.482 e. The molecule has 26 heavy (non-hydrogen) atoms. The zero-order valence-corrected chi connectivity index (χ0v) is 15.3. The zero-order chi connectivity index (χ0) is 19.2. The van der Waals surface area contributed by atoms with Crippen LogP contribution in [0, 0.1) is 0 Å². The van der Waals surface area contributed by atoms with E-state index in [2.05, 4.69) is 5.32 Å². The molecule has 0 unspecified atom stereocenters. The summed E-state index contributed by atoms with van der Waals surface area (Å²) in [5.41, 5.74) is 0.108. The lowest BCUT2D eigenvalue weighted by atomic mass is 10.3. The van der Waals surface area contributed by atoms with Gasteiger partial charge in [0, 0.05) is 6.26 Å². The van der Waals surface area contributed by atoms with Crippen molar-refractivity contribution in [2.45, 2.75) is 4.90 Å². The third-order valence-corrected chi connectivity index (χ3v) is 4.54. The second-order valence-corrected chi connectivity index (χ2v) is 7.65. The SMILES string of the molecule is CS(=O)(=O)c1ccc(Cl)c(NC(=O)COC(=O)COc2ccccc2)c1. The first-order valence-corrected chi connectivity index (χ1v) is 9.65. The van der Waals surface area contributed by atoms with Crippen molar-refractivity contribution in [2.24, 2.45) is 0 Å². The highest BCUT2D eigenvalue weighted by atomic mass is 35.5. The summed E-state index contributed by atoms with van der Waals surface area (Å²) in [4.78, 5) is 23.5. The van der Waals surface area contributed by atoms with Crippen molar-refractivity contribution >= 4 is 39.0 Å². The average molecular weight is 398 g/mol. The molecule has 2 rings (SSSR count). The molecule has 7 nitrogen and oxygen atoms in total. The van der Waals surface area contributed by atoms with Gasteiger partial charge in [-0.1, -0.05) is 29.8 Å². The number of hydrogen-bond acceptors (Lipinski definition) is 6. The standard InChI is InChI=1S/C17H16ClNO6S/c1-26(22,23)13-7-8-14(18)15(9-13)19-16(20)10-25-17(21)11-24-12-5-3-2-4-6-12/h2-9H,10-11H2,1H3,(H,19,20). The molecular formula is C17H16ClNO6S. The van der Waals surface area contributed by atoms with Crippen molar-refractivity contribution in [3.8, 4) is 5.75 Å². The second-order valence-electron chi connectivity index (χ2n) is 5.22. The molecule has 9 heteroatoms. The average Bonchev–Trinajstić information content (AvgIpc) is 2.60. The highest BCUT2D eigenvalue weighted by molar-refractivity contribution is 7.90. The first kappa shape index (κ1) is 19.7. The van der Waals surface area contributed by atoms with Crippen LogP contribution >= 0.6 is 11.6 Å². The van der Waals surface area contributed by atoms with Crippen molar-refractivity contribution in [1.82, 2.24) is 0 Å². The van der Waals surface area contributed by atoms with Gasteiger partial charge in [-0.2, -0.15) is 0 Å². The Hall–Kier alpha value is -2.58. The van der Waals surface area contributed by atoms with Crippen molar-refractivity contribution in [1.29, 1.82) is 0 Å². The number of para-hydroxylation sites is 1. The van der Waals surface area contributed by atoms with E-state index in [4.69, 9.17) is 21.1 Å². The van der Waals surface area contributed by atoms with E-state index in [0.29, 0.717) is 5.75 Å². The highest BCUT2D eigenvalue weighted by Crippen LogP contribution is 2.25. The fraction of sp³-hybridized carbons (Fsp3) is 0.176. The van der Waals surface area contributed by atoms with Crippen molar-refractivity contribution in [3.63, 3.8) is 0 Å². The first-order valence-electron chi connectivity index (χ1n) is 7.38. The van der Waals surface area contributed by atoms with Gasteiger partial charge in [-0.15, -0.1) is 0 Å². The predicted octanol–water partition coefficient (Wildman–Crippen LogP) is 2.30. The molecule has 0 radical (unpaired) electrons. The molecule has 0 saturated carbocycles. The quantitative estimate of drug-likeness (QED) is 0.720. The molecule has 0 fully saturated rings. The van der Waals surface area contributed by atoms with Crippen LogP contribution in [0.15, 0.2) is 53.4 Å². The van der Waals surface area contributed by atoms with Crippen LogP contribution in [-0.2, 0) is 24.2 Å². The molecule has 0 aromatic heterocycles. The van der Waals surface area contributed by atoms with Crippen LogP contribution in [0.25, 0.3) is 0 Å². The summed E-state index contributed by atoms with van der Waals surface area (Å²) < 4.78 is 33.1. The Morgan fingerprint density at radius 1 is 1.08 bits per heavy atom. The van der Waals surface area contributed by atoms with Gasteiger partial charge in [0.25, 0.3) is 5.91 Å². The molecule has 2 aromatic rings. The molecule has 0 bridgehead atoms. The van der Waals surface area contributed by atoms with E-state index in [1.165, 1.54) is 18.2 Å². The Bertz CT molecular complexity index is 899. The molecule has 138 valence electrons. The molecule has 0 saturated heterocycles. The summed E-state index contributed by atoms with van der Waals surface area (Å²) in [5, 5.41) is 2.56. The number of carbonyl (C=O) groups is 2. The number of hydrogen-bond donors (Lipinski definition) is 1. The van der Waals surface area contributed by atoms with Crippen LogP contribution in [0.5, 0.6) is 5.75 Å². The monoisotopic (exact) mass is 397 g/mol. The van der Waals surface area contributed by atoms with Gasteiger partial charge < -0.3 is 14.8 Å². The summed E-state index contributed by atoms with van der Waals surface area (Å²) in [7, 11) is -3.45. The molecular weight excluding hydrogens is 382 g/mol. The number of esters is 1. The van der Waals surface area contributed by atoms with Crippen molar-refractivity contribution < 1.29 is 27.5 Å². The Morgan fingerprint density at radius 2 is 1.77 bits per heavy atom. The van der Waals surface area contributed by atoms with Gasteiger partial charge in [0.1, 0.15) is 5.75 Å². The lowest BCUT2D eigenvalue weighted by molar-refractivity contribution is -0.149. The van der Waals surface area contributed by atoms with Gasteiger partial charge in [-0.25, -0.2) is 13.2 Å². The fourth-order valence-electron chi connectivity index (χ4n) is 1.86. The summed E-state index contributed by atoms with van der Waals surface area (Å²) in [6.07, 6.45) is 1.04. The molecule has 0 spiro atoms. The fourth-order valence-corrected chi connectivity index (χ4v) is 2.68. The van der Waals surface area contributed by atoms with E-state index >= 15 is 0 Å². The first-order chi connectivity index (χ1) is 12.3. The van der Waals surface area contributed by atoms with Crippen molar-refractivity contribution in [2.75, 3.05) is 24.8 Å². The maximum absolute atomic E-state index is 11.9. The molecule has 1 amide bonds. The summed E-state index contributed by atoms with van der Waals surface area (Å²) in [5.74, 6) is -0.885. The molecule has 2 aromatic carbocycles. The van der Waals surface area contributed by atoms with E-state index in [0.717, 1.165) is 6.26 Å². The Labute approximate surface area is 155 Å². The largest absolute Gasteiger partial charge is 0.482 e. The normalized spacial score (nSPS) is 10.8. The van der Waals surface area contributed by atoms with E-state index in [1.54, 1.807) is 30.3 Å². The predicted molar refractivity (Wildman–Crippen MR) is 96.1 cm³/mol. The molecule has 0 aliphatic carbocycles. The molecule has 1 N–H and O–H groups in total. The van der Waals surface area contributed by atoms with Gasteiger partial charge >= 0.3 is 5.97 Å².